The van der Waals surface area contributed by atoms with Crippen LogP contribution < -0.4 is 0 Å². The van der Waals surface area contributed by atoms with E-state index in [1.807, 2.05) is 0 Å². The molecule has 0 aromatic carbocycles. The van der Waals surface area contributed by atoms with Crippen LogP contribution >= 0.6 is 0 Å². The molecule has 1 atom stereocenters. The molecule has 8 heavy (non-hydrogen) atoms. The Morgan fingerprint density at radius 1 is 1.75 bits per heavy atom. The first-order valence-electron chi connectivity index (χ1n) is 2.43. The molecule has 0 aromatic rings. The first-order valence-corrected chi connectivity index (χ1v) is 2.43. The highest BCUT2D eigenvalue weighted by Crippen LogP contribution is 1.99. The molecule has 0 aliphatic heterocycles. The molecular weight excluding hydrogens is 108 g/mol. The third-order valence-corrected chi connectivity index (χ3v) is 0.860. The Morgan fingerprint density at radius 3 is 2.38 bits per heavy atom. The van der Waals surface area contributed by atoms with Gasteiger partial charge in [0, 0.05) is 0 Å². The molecule has 0 saturated carbocycles. The molecule has 0 saturated heterocycles. The molecule has 48 valence electrons. The summed E-state index contributed by atoms with van der Waals surface area (Å²) in [6, 6.07) is 0. The van der Waals surface area contributed by atoms with Crippen LogP contribution in [0.1, 0.15) is 13.3 Å². The summed E-state index contributed by atoms with van der Waals surface area (Å²) in [6.45, 7) is 1.70. The van der Waals surface area contributed by atoms with Crippen LogP contribution in [0, 0.1) is 0 Å². The molecule has 0 amide bonds. The zero-order valence-electron chi connectivity index (χ0n) is 4.70. The van der Waals surface area contributed by atoms with Crippen LogP contribution in [-0.2, 0) is 0 Å². The van der Waals surface area contributed by atoms with Crippen LogP contribution in [0.15, 0.2) is 12.0 Å². The van der Waals surface area contributed by atoms with Gasteiger partial charge in [-0.2, -0.15) is 0 Å². The zero-order valence-corrected chi connectivity index (χ0v) is 4.70. The van der Waals surface area contributed by atoms with Crippen molar-refractivity contribution in [2.45, 2.75) is 19.4 Å². The molecule has 3 nitrogen and oxygen atoms in total. The number of rotatable bonds is 2. The highest BCUT2D eigenvalue weighted by atomic mass is 16.3. The number of hydrogen-bond acceptors (Lipinski definition) is 3. The van der Waals surface area contributed by atoms with Gasteiger partial charge in [0.1, 0.15) is 12.4 Å². The van der Waals surface area contributed by atoms with Gasteiger partial charge in [0.15, 0.2) is 5.76 Å². The molecule has 0 aliphatic rings. The minimum atomic E-state index is -0.917. The zero-order chi connectivity index (χ0) is 6.57. The lowest BCUT2D eigenvalue weighted by Crippen LogP contribution is -2.07. The summed E-state index contributed by atoms with van der Waals surface area (Å²) in [7, 11) is 0. The second-order valence-electron chi connectivity index (χ2n) is 1.48. The van der Waals surface area contributed by atoms with Crippen LogP contribution in [0.2, 0.25) is 0 Å². The van der Waals surface area contributed by atoms with E-state index >= 15 is 0 Å². The van der Waals surface area contributed by atoms with E-state index in [4.69, 9.17) is 15.3 Å². The van der Waals surface area contributed by atoms with Gasteiger partial charge >= 0.3 is 0 Å². The summed E-state index contributed by atoms with van der Waals surface area (Å²) in [6.07, 6.45) is -0.0168. The van der Waals surface area contributed by atoms with Gasteiger partial charge in [-0.3, -0.25) is 0 Å². The minimum absolute atomic E-state index is 0.382. The molecule has 0 unspecified atom stereocenters. The van der Waals surface area contributed by atoms with Crippen LogP contribution in [0.3, 0.4) is 0 Å². The molecule has 3 heteroatoms. The van der Waals surface area contributed by atoms with Gasteiger partial charge in [-0.05, 0) is 6.42 Å². The summed E-state index contributed by atoms with van der Waals surface area (Å²) in [4.78, 5) is 0. The molecule has 0 spiro atoms. The van der Waals surface area contributed by atoms with Gasteiger partial charge in [-0.1, -0.05) is 6.92 Å². The van der Waals surface area contributed by atoms with Crippen molar-refractivity contribution in [3.05, 3.63) is 12.0 Å². The summed E-state index contributed by atoms with van der Waals surface area (Å²) in [5, 5.41) is 25.2. The van der Waals surface area contributed by atoms with E-state index in [1.165, 1.54) is 0 Å². The maximum Gasteiger partial charge on any atom is 0.155 e. The van der Waals surface area contributed by atoms with Crippen molar-refractivity contribution >= 4 is 0 Å². The molecule has 0 radical (unpaired) electrons. The molecule has 0 aliphatic carbocycles. The summed E-state index contributed by atoms with van der Waals surface area (Å²) < 4.78 is 0. The van der Waals surface area contributed by atoms with Gasteiger partial charge in [-0.25, -0.2) is 0 Å². The Hall–Kier alpha value is -0.700. The smallest absolute Gasteiger partial charge is 0.155 e. The molecule has 0 heterocycles. The van der Waals surface area contributed by atoms with E-state index in [0.29, 0.717) is 12.7 Å². The van der Waals surface area contributed by atoms with E-state index in [2.05, 4.69) is 0 Å². The van der Waals surface area contributed by atoms with Crippen LogP contribution in [0.5, 0.6) is 0 Å². The van der Waals surface area contributed by atoms with Gasteiger partial charge in [0.2, 0.25) is 0 Å². The minimum Gasteiger partial charge on any atom is -0.512 e. The highest BCUT2D eigenvalue weighted by molar-refractivity contribution is 4.90. The van der Waals surface area contributed by atoms with Crippen molar-refractivity contribution in [2.24, 2.45) is 0 Å². The largest absolute Gasteiger partial charge is 0.512 e. The Bertz CT molecular complexity index is 87.7. The third-order valence-electron chi connectivity index (χ3n) is 0.860. The van der Waals surface area contributed by atoms with Gasteiger partial charge < -0.3 is 15.3 Å². The maximum atomic E-state index is 8.65. The Morgan fingerprint density at radius 2 is 2.25 bits per heavy atom. The van der Waals surface area contributed by atoms with E-state index in [1.54, 1.807) is 6.92 Å². The van der Waals surface area contributed by atoms with Crippen molar-refractivity contribution in [1.29, 1.82) is 0 Å². The Kier molecular flexibility index (Phi) is 3.03. The van der Waals surface area contributed by atoms with Gasteiger partial charge in [0.25, 0.3) is 0 Å². The topological polar surface area (TPSA) is 60.7 Å². The van der Waals surface area contributed by atoms with Crippen molar-refractivity contribution in [2.75, 3.05) is 0 Å². The van der Waals surface area contributed by atoms with Crippen molar-refractivity contribution in [3.63, 3.8) is 0 Å². The SMILES string of the molecule is CC[C@H](O)/C(O)=C/O. The summed E-state index contributed by atoms with van der Waals surface area (Å²) in [5.74, 6) is -0.382. The molecule has 0 fully saturated rings. The second kappa shape index (κ2) is 3.32. The van der Waals surface area contributed by atoms with Crippen LogP contribution in [0.4, 0.5) is 0 Å². The Balaban J connectivity index is 3.63. The standard InChI is InChI=1S/C5H10O3/c1-2-4(7)5(8)3-6/h3-4,6-8H,2H2,1H3/b5-3-/t4-/m0/s1. The number of hydrogen-bond donors (Lipinski definition) is 3. The number of aliphatic hydroxyl groups is 3. The maximum absolute atomic E-state index is 8.65. The first-order chi connectivity index (χ1) is 3.72. The summed E-state index contributed by atoms with van der Waals surface area (Å²) >= 11 is 0. The highest BCUT2D eigenvalue weighted by Gasteiger charge is 2.03. The van der Waals surface area contributed by atoms with E-state index in [9.17, 15) is 0 Å². The molecule has 0 rings (SSSR count). The molecule has 0 aromatic heterocycles. The fourth-order valence-electron chi connectivity index (χ4n) is 0.295. The quantitative estimate of drug-likeness (QED) is 0.468. The third kappa shape index (κ3) is 1.84. The van der Waals surface area contributed by atoms with Gasteiger partial charge in [0.05, 0.1) is 0 Å². The first kappa shape index (κ1) is 7.30. The monoisotopic (exact) mass is 118 g/mol. The Labute approximate surface area is 47.9 Å². The van der Waals surface area contributed by atoms with Crippen LogP contribution in [-0.4, -0.2) is 21.4 Å². The second-order valence-corrected chi connectivity index (χ2v) is 1.48. The predicted molar refractivity (Wildman–Crippen MR) is 29.6 cm³/mol. The number of aliphatic hydroxyl groups excluding tert-OH is 3. The molecule has 3 N–H and O–H groups in total. The fourth-order valence-corrected chi connectivity index (χ4v) is 0.295. The van der Waals surface area contributed by atoms with E-state index in [0.717, 1.165) is 0 Å². The van der Waals surface area contributed by atoms with Crippen LogP contribution in [0.25, 0.3) is 0 Å². The van der Waals surface area contributed by atoms with Gasteiger partial charge in [-0.15, -0.1) is 0 Å². The van der Waals surface area contributed by atoms with Crippen molar-refractivity contribution in [1.82, 2.24) is 0 Å². The lowest BCUT2D eigenvalue weighted by molar-refractivity contribution is 0.142. The molecule has 0 bridgehead atoms. The fraction of sp³-hybridized carbons (Fsp3) is 0.600. The normalized spacial score (nSPS) is 16.0. The lowest BCUT2D eigenvalue weighted by atomic mass is 10.2. The lowest BCUT2D eigenvalue weighted by Gasteiger charge is -2.02. The molecular formula is C5H10O3. The van der Waals surface area contributed by atoms with E-state index in [-0.39, 0.29) is 5.76 Å². The van der Waals surface area contributed by atoms with Crippen molar-refractivity contribution < 1.29 is 15.3 Å². The van der Waals surface area contributed by atoms with Crippen molar-refractivity contribution in [3.8, 4) is 0 Å². The summed E-state index contributed by atoms with van der Waals surface area (Å²) in [5.41, 5.74) is 0. The average molecular weight is 118 g/mol. The average Bonchev–Trinajstić information content (AvgIpc) is 1.84. The van der Waals surface area contributed by atoms with E-state index < -0.39 is 6.10 Å². The predicted octanol–water partition coefficient (Wildman–Crippen LogP) is 0.715.